The Hall–Kier alpha value is -1.35. The highest BCUT2D eigenvalue weighted by Gasteiger charge is 2.10. The molecule has 0 unspecified atom stereocenters. The number of aliphatic hydroxyl groups is 1. The van der Waals surface area contributed by atoms with Crippen molar-refractivity contribution in [2.75, 3.05) is 19.7 Å². The maximum atomic E-state index is 11.7. The number of hydrogen-bond donors (Lipinski definition) is 1. The normalized spacial score (nSPS) is 10.0. The van der Waals surface area contributed by atoms with Gasteiger partial charge in [0.2, 0.25) is 5.91 Å². The molecule has 0 aliphatic heterocycles. The minimum absolute atomic E-state index is 0.0222. The van der Waals surface area contributed by atoms with E-state index in [1.165, 1.54) is 0 Å². The number of likely N-dealkylation sites (N-methyl/N-ethyl adjacent to an activating group) is 1. The van der Waals surface area contributed by atoms with Gasteiger partial charge in [0.25, 0.3) is 0 Å². The first-order valence-electron chi connectivity index (χ1n) is 5.20. The van der Waals surface area contributed by atoms with Crippen LogP contribution in [0.5, 0.6) is 0 Å². The van der Waals surface area contributed by atoms with Gasteiger partial charge in [-0.1, -0.05) is 30.3 Å². The molecular formula is C12H17NO2. The van der Waals surface area contributed by atoms with Gasteiger partial charge in [-0.25, -0.2) is 0 Å². The third-order valence-electron chi connectivity index (χ3n) is 2.30. The van der Waals surface area contributed by atoms with Crippen LogP contribution in [-0.2, 0) is 11.2 Å². The zero-order valence-corrected chi connectivity index (χ0v) is 9.02. The molecule has 0 saturated carbocycles. The van der Waals surface area contributed by atoms with Crippen molar-refractivity contribution >= 4 is 5.91 Å². The van der Waals surface area contributed by atoms with E-state index in [9.17, 15) is 4.79 Å². The van der Waals surface area contributed by atoms with Gasteiger partial charge in [-0.2, -0.15) is 0 Å². The summed E-state index contributed by atoms with van der Waals surface area (Å²) in [7, 11) is 0. The summed E-state index contributed by atoms with van der Waals surface area (Å²) in [4.78, 5) is 13.4. The van der Waals surface area contributed by atoms with Gasteiger partial charge in [0, 0.05) is 13.1 Å². The number of rotatable bonds is 5. The highest BCUT2D eigenvalue weighted by atomic mass is 16.3. The molecular weight excluding hydrogens is 190 g/mol. The summed E-state index contributed by atoms with van der Waals surface area (Å²) in [5, 5.41) is 8.79. The van der Waals surface area contributed by atoms with E-state index in [0.717, 1.165) is 5.56 Å². The Balaban J connectivity index is 2.54. The third kappa shape index (κ3) is 3.72. The summed E-state index contributed by atoms with van der Waals surface area (Å²) >= 11 is 0. The molecule has 0 bridgehead atoms. The molecule has 1 aromatic rings. The highest BCUT2D eigenvalue weighted by molar-refractivity contribution is 5.78. The van der Waals surface area contributed by atoms with Crippen molar-refractivity contribution in [1.82, 2.24) is 4.90 Å². The number of amides is 1. The number of benzene rings is 1. The van der Waals surface area contributed by atoms with Crippen LogP contribution >= 0.6 is 0 Å². The van der Waals surface area contributed by atoms with Crippen LogP contribution in [0.25, 0.3) is 0 Å². The van der Waals surface area contributed by atoms with Crippen LogP contribution < -0.4 is 0 Å². The second-order valence-electron chi connectivity index (χ2n) is 3.36. The Morgan fingerprint density at radius 3 is 2.53 bits per heavy atom. The lowest BCUT2D eigenvalue weighted by atomic mass is 10.1. The third-order valence-corrected chi connectivity index (χ3v) is 2.30. The van der Waals surface area contributed by atoms with Gasteiger partial charge in [-0.3, -0.25) is 4.79 Å². The van der Waals surface area contributed by atoms with Gasteiger partial charge in [0.1, 0.15) is 0 Å². The predicted octanol–water partition coefficient (Wildman–Crippen LogP) is 1.07. The van der Waals surface area contributed by atoms with E-state index < -0.39 is 0 Å². The lowest BCUT2D eigenvalue weighted by molar-refractivity contribution is -0.130. The molecule has 0 fully saturated rings. The number of hydrogen-bond acceptors (Lipinski definition) is 2. The number of aliphatic hydroxyl groups excluding tert-OH is 1. The lowest BCUT2D eigenvalue weighted by Crippen LogP contribution is -2.34. The summed E-state index contributed by atoms with van der Waals surface area (Å²) in [5.41, 5.74) is 1.01. The Morgan fingerprint density at radius 1 is 1.33 bits per heavy atom. The van der Waals surface area contributed by atoms with Gasteiger partial charge < -0.3 is 10.0 Å². The van der Waals surface area contributed by atoms with E-state index in [-0.39, 0.29) is 12.5 Å². The molecule has 0 saturated heterocycles. The molecule has 15 heavy (non-hydrogen) atoms. The molecule has 0 radical (unpaired) electrons. The smallest absolute Gasteiger partial charge is 0.227 e. The molecule has 1 rings (SSSR count). The maximum absolute atomic E-state index is 11.7. The Kier molecular flexibility index (Phi) is 4.84. The predicted molar refractivity (Wildman–Crippen MR) is 59.5 cm³/mol. The van der Waals surface area contributed by atoms with Crippen molar-refractivity contribution in [3.63, 3.8) is 0 Å². The Labute approximate surface area is 90.3 Å². The van der Waals surface area contributed by atoms with Crippen LogP contribution in [0.3, 0.4) is 0 Å². The summed E-state index contributed by atoms with van der Waals surface area (Å²) in [6.45, 7) is 3.00. The standard InChI is InChI=1S/C12H17NO2/c1-2-13(8-9-14)12(15)10-11-6-4-3-5-7-11/h3-7,14H,2,8-10H2,1H3. The summed E-state index contributed by atoms with van der Waals surface area (Å²) < 4.78 is 0. The van der Waals surface area contributed by atoms with Crippen LogP contribution in [0.4, 0.5) is 0 Å². The number of carbonyl (C=O) groups is 1. The first-order chi connectivity index (χ1) is 7.27. The van der Waals surface area contributed by atoms with E-state index in [0.29, 0.717) is 19.5 Å². The number of nitrogens with zero attached hydrogens (tertiary/aromatic N) is 1. The molecule has 1 aromatic carbocycles. The first-order valence-corrected chi connectivity index (χ1v) is 5.20. The molecule has 1 N–H and O–H groups in total. The molecule has 0 aliphatic rings. The number of carbonyl (C=O) groups excluding carboxylic acids is 1. The Bertz CT molecular complexity index is 298. The van der Waals surface area contributed by atoms with E-state index in [4.69, 9.17) is 5.11 Å². The van der Waals surface area contributed by atoms with Crippen LogP contribution in [0, 0.1) is 0 Å². The van der Waals surface area contributed by atoms with Gasteiger partial charge in [0.15, 0.2) is 0 Å². The largest absolute Gasteiger partial charge is 0.395 e. The van der Waals surface area contributed by atoms with Crippen molar-refractivity contribution < 1.29 is 9.90 Å². The molecule has 3 nitrogen and oxygen atoms in total. The van der Waals surface area contributed by atoms with E-state index >= 15 is 0 Å². The van der Waals surface area contributed by atoms with Crippen LogP contribution in [0.2, 0.25) is 0 Å². The molecule has 1 amide bonds. The molecule has 0 atom stereocenters. The summed E-state index contributed by atoms with van der Waals surface area (Å²) in [5.74, 6) is 0.0674. The van der Waals surface area contributed by atoms with Crippen LogP contribution in [0.15, 0.2) is 30.3 Å². The molecule has 3 heteroatoms. The van der Waals surface area contributed by atoms with Gasteiger partial charge in [0.05, 0.1) is 13.0 Å². The first kappa shape index (κ1) is 11.7. The molecule has 0 aliphatic carbocycles. The average Bonchev–Trinajstić information content (AvgIpc) is 2.27. The van der Waals surface area contributed by atoms with E-state index in [1.54, 1.807) is 4.90 Å². The fourth-order valence-electron chi connectivity index (χ4n) is 1.46. The van der Waals surface area contributed by atoms with Crippen molar-refractivity contribution in [1.29, 1.82) is 0 Å². The van der Waals surface area contributed by atoms with Gasteiger partial charge >= 0.3 is 0 Å². The SMILES string of the molecule is CCN(CCO)C(=O)Cc1ccccc1. The van der Waals surface area contributed by atoms with E-state index in [2.05, 4.69) is 0 Å². The zero-order chi connectivity index (χ0) is 11.1. The van der Waals surface area contributed by atoms with Crippen molar-refractivity contribution in [3.05, 3.63) is 35.9 Å². The lowest BCUT2D eigenvalue weighted by Gasteiger charge is -2.19. The molecule has 82 valence electrons. The fraction of sp³-hybridized carbons (Fsp3) is 0.417. The minimum Gasteiger partial charge on any atom is -0.395 e. The molecule has 0 spiro atoms. The van der Waals surface area contributed by atoms with Crippen LogP contribution in [-0.4, -0.2) is 35.6 Å². The maximum Gasteiger partial charge on any atom is 0.227 e. The monoisotopic (exact) mass is 207 g/mol. The van der Waals surface area contributed by atoms with Gasteiger partial charge in [-0.15, -0.1) is 0 Å². The highest BCUT2D eigenvalue weighted by Crippen LogP contribution is 2.02. The second kappa shape index (κ2) is 6.19. The average molecular weight is 207 g/mol. The summed E-state index contributed by atoms with van der Waals surface area (Å²) in [6.07, 6.45) is 0.411. The minimum atomic E-state index is 0.0222. The summed E-state index contributed by atoms with van der Waals surface area (Å²) in [6, 6.07) is 9.64. The fourth-order valence-corrected chi connectivity index (χ4v) is 1.46. The van der Waals surface area contributed by atoms with Crippen molar-refractivity contribution in [2.45, 2.75) is 13.3 Å². The van der Waals surface area contributed by atoms with E-state index in [1.807, 2.05) is 37.3 Å². The quantitative estimate of drug-likeness (QED) is 0.784. The van der Waals surface area contributed by atoms with Crippen molar-refractivity contribution in [3.8, 4) is 0 Å². The second-order valence-corrected chi connectivity index (χ2v) is 3.36. The van der Waals surface area contributed by atoms with Crippen molar-refractivity contribution in [2.24, 2.45) is 0 Å². The molecule has 0 aromatic heterocycles. The Morgan fingerprint density at radius 2 is 2.00 bits per heavy atom. The zero-order valence-electron chi connectivity index (χ0n) is 9.02. The molecule has 0 heterocycles. The topological polar surface area (TPSA) is 40.5 Å². The van der Waals surface area contributed by atoms with Gasteiger partial charge in [-0.05, 0) is 12.5 Å². The van der Waals surface area contributed by atoms with Crippen LogP contribution in [0.1, 0.15) is 12.5 Å².